The Hall–Kier alpha value is -3.17. The van der Waals surface area contributed by atoms with E-state index in [9.17, 15) is 9.59 Å². The Balaban J connectivity index is 1.45. The molecule has 1 aromatic carbocycles. The van der Waals surface area contributed by atoms with E-state index >= 15 is 0 Å². The normalized spacial score (nSPS) is 19.2. The number of pyridine rings is 1. The molecule has 2 aromatic rings. The van der Waals surface area contributed by atoms with Gasteiger partial charge in [0.1, 0.15) is 11.9 Å². The summed E-state index contributed by atoms with van der Waals surface area (Å²) < 4.78 is 5.23. The number of amides is 2. The number of benzene rings is 1. The van der Waals surface area contributed by atoms with Crippen molar-refractivity contribution < 1.29 is 14.3 Å². The largest absolute Gasteiger partial charge is 0.383 e. The first-order valence-electron chi connectivity index (χ1n) is 11.8. The lowest BCUT2D eigenvalue weighted by Crippen LogP contribution is -2.52. The molecule has 182 valence electrons. The van der Waals surface area contributed by atoms with E-state index in [-0.39, 0.29) is 23.9 Å². The molecule has 2 N–H and O–H groups in total. The molecule has 2 aliphatic heterocycles. The van der Waals surface area contributed by atoms with E-state index in [4.69, 9.17) is 9.72 Å². The highest BCUT2D eigenvalue weighted by atomic mass is 16.5. The summed E-state index contributed by atoms with van der Waals surface area (Å²) in [6.07, 6.45) is 1.96. The number of hydrogen-bond donors (Lipinski definition) is 2. The topological polar surface area (TPSA) is 90.0 Å². The van der Waals surface area contributed by atoms with Crippen LogP contribution in [0, 0.1) is 0 Å². The van der Waals surface area contributed by atoms with Gasteiger partial charge in [0.25, 0.3) is 5.91 Å². The van der Waals surface area contributed by atoms with Crippen LogP contribution in [-0.2, 0) is 9.53 Å². The number of aromatic nitrogens is 1. The summed E-state index contributed by atoms with van der Waals surface area (Å²) in [5, 5.41) is 6.46. The number of piperidine rings is 1. The Morgan fingerprint density at radius 1 is 1.12 bits per heavy atom. The number of likely N-dealkylation sites (N-methyl/N-ethyl adjacent to an activating group) is 1. The summed E-state index contributed by atoms with van der Waals surface area (Å²) in [6.45, 7) is 4.97. The minimum Gasteiger partial charge on any atom is -0.383 e. The van der Waals surface area contributed by atoms with Crippen molar-refractivity contribution in [1.29, 1.82) is 0 Å². The van der Waals surface area contributed by atoms with Crippen LogP contribution in [0.2, 0.25) is 0 Å². The summed E-state index contributed by atoms with van der Waals surface area (Å²) in [5.74, 6) is 1.40. The smallest absolute Gasteiger partial charge is 0.251 e. The lowest BCUT2D eigenvalue weighted by molar-refractivity contribution is -0.119. The summed E-state index contributed by atoms with van der Waals surface area (Å²) in [4.78, 5) is 36.0. The van der Waals surface area contributed by atoms with Crippen molar-refractivity contribution in [2.75, 3.05) is 62.6 Å². The van der Waals surface area contributed by atoms with Gasteiger partial charge in [0.2, 0.25) is 5.91 Å². The third-order valence-corrected chi connectivity index (χ3v) is 6.65. The highest BCUT2D eigenvalue weighted by Crippen LogP contribution is 2.35. The Labute approximate surface area is 201 Å². The molecule has 9 nitrogen and oxygen atoms in total. The van der Waals surface area contributed by atoms with Crippen molar-refractivity contribution in [2.24, 2.45) is 0 Å². The van der Waals surface area contributed by atoms with Crippen LogP contribution >= 0.6 is 0 Å². The van der Waals surface area contributed by atoms with E-state index < -0.39 is 0 Å². The number of fused-ring (bicyclic) bond motifs is 1. The SMILES string of the molecule is COCCN1c2nc(Nc3ccc(C(=O)NC4CCN(C)CC4)cc3)ccc2N(C)C(=O)C1C. The second-order valence-corrected chi connectivity index (χ2v) is 9.05. The molecule has 0 spiro atoms. The number of methoxy groups -OCH3 is 1. The predicted octanol–water partition coefficient (Wildman–Crippen LogP) is 2.47. The monoisotopic (exact) mass is 466 g/mol. The van der Waals surface area contributed by atoms with Crippen LogP contribution < -0.4 is 20.4 Å². The molecule has 1 atom stereocenters. The zero-order valence-electron chi connectivity index (χ0n) is 20.4. The third kappa shape index (κ3) is 5.15. The average molecular weight is 467 g/mol. The minimum atomic E-state index is -0.322. The first-order valence-corrected chi connectivity index (χ1v) is 11.8. The molecule has 0 saturated carbocycles. The number of carbonyl (C=O) groups is 2. The maximum absolute atomic E-state index is 12.6. The molecule has 2 amide bonds. The Morgan fingerprint density at radius 2 is 1.82 bits per heavy atom. The van der Waals surface area contributed by atoms with E-state index in [1.54, 1.807) is 19.1 Å². The van der Waals surface area contributed by atoms with E-state index in [1.807, 2.05) is 48.2 Å². The predicted molar refractivity (Wildman–Crippen MR) is 134 cm³/mol. The van der Waals surface area contributed by atoms with Crippen LogP contribution in [0.4, 0.5) is 23.0 Å². The molecule has 1 saturated heterocycles. The molecule has 1 unspecified atom stereocenters. The molecule has 0 radical (unpaired) electrons. The van der Waals surface area contributed by atoms with Crippen molar-refractivity contribution in [1.82, 2.24) is 15.2 Å². The number of anilines is 4. The van der Waals surface area contributed by atoms with E-state index in [1.165, 1.54) is 0 Å². The van der Waals surface area contributed by atoms with Crippen LogP contribution in [-0.4, -0.2) is 81.2 Å². The maximum atomic E-state index is 12.6. The number of likely N-dealkylation sites (tertiary alicyclic amines) is 1. The van der Waals surface area contributed by atoms with Gasteiger partial charge in [0.15, 0.2) is 5.82 Å². The van der Waals surface area contributed by atoms with Gasteiger partial charge in [-0.15, -0.1) is 0 Å². The number of ether oxygens (including phenoxy) is 1. The number of carbonyl (C=O) groups excluding carboxylic acids is 2. The Bertz CT molecular complexity index is 1020. The molecule has 2 aliphatic rings. The quantitative estimate of drug-likeness (QED) is 0.648. The fourth-order valence-corrected chi connectivity index (χ4v) is 4.46. The van der Waals surface area contributed by atoms with Crippen LogP contribution in [0.25, 0.3) is 0 Å². The van der Waals surface area contributed by atoms with Crippen molar-refractivity contribution in [2.45, 2.75) is 31.8 Å². The zero-order valence-corrected chi connectivity index (χ0v) is 20.4. The first kappa shape index (κ1) is 24.0. The summed E-state index contributed by atoms with van der Waals surface area (Å²) in [6, 6.07) is 11.1. The van der Waals surface area contributed by atoms with Crippen LogP contribution in [0.5, 0.6) is 0 Å². The molecular weight excluding hydrogens is 432 g/mol. The molecule has 0 bridgehead atoms. The molecule has 1 aromatic heterocycles. The second kappa shape index (κ2) is 10.4. The first-order chi connectivity index (χ1) is 16.4. The van der Waals surface area contributed by atoms with Crippen LogP contribution in [0.3, 0.4) is 0 Å². The fourth-order valence-electron chi connectivity index (χ4n) is 4.46. The van der Waals surface area contributed by atoms with Gasteiger partial charge in [-0.2, -0.15) is 0 Å². The molecular formula is C25H34N6O3. The van der Waals surface area contributed by atoms with Crippen molar-refractivity contribution in [3.63, 3.8) is 0 Å². The maximum Gasteiger partial charge on any atom is 0.251 e. The molecule has 34 heavy (non-hydrogen) atoms. The number of rotatable bonds is 7. The van der Waals surface area contributed by atoms with Gasteiger partial charge >= 0.3 is 0 Å². The highest BCUT2D eigenvalue weighted by Gasteiger charge is 2.34. The van der Waals surface area contributed by atoms with Crippen molar-refractivity contribution in [3.05, 3.63) is 42.0 Å². The molecule has 4 rings (SSSR count). The van der Waals surface area contributed by atoms with Gasteiger partial charge < -0.3 is 30.1 Å². The van der Waals surface area contributed by atoms with Gasteiger partial charge in [0, 0.05) is 38.0 Å². The van der Waals surface area contributed by atoms with E-state index in [0.717, 1.165) is 43.1 Å². The molecule has 0 aliphatic carbocycles. The van der Waals surface area contributed by atoms with Gasteiger partial charge in [0.05, 0.1) is 12.3 Å². The van der Waals surface area contributed by atoms with Crippen LogP contribution in [0.15, 0.2) is 36.4 Å². The van der Waals surface area contributed by atoms with Crippen LogP contribution in [0.1, 0.15) is 30.1 Å². The Morgan fingerprint density at radius 3 is 2.50 bits per heavy atom. The Kier molecular flexibility index (Phi) is 7.33. The number of hydrogen-bond acceptors (Lipinski definition) is 7. The lowest BCUT2D eigenvalue weighted by atomic mass is 10.0. The number of nitrogens with zero attached hydrogens (tertiary/aromatic N) is 4. The zero-order chi connectivity index (χ0) is 24.2. The molecule has 9 heteroatoms. The summed E-state index contributed by atoms with van der Waals surface area (Å²) in [5.41, 5.74) is 2.24. The summed E-state index contributed by atoms with van der Waals surface area (Å²) in [7, 11) is 5.53. The van der Waals surface area contributed by atoms with Gasteiger partial charge in [-0.3, -0.25) is 9.59 Å². The van der Waals surface area contributed by atoms with Gasteiger partial charge in [-0.1, -0.05) is 0 Å². The second-order valence-electron chi connectivity index (χ2n) is 9.05. The highest BCUT2D eigenvalue weighted by molar-refractivity contribution is 6.04. The molecule has 3 heterocycles. The third-order valence-electron chi connectivity index (χ3n) is 6.65. The average Bonchev–Trinajstić information content (AvgIpc) is 2.84. The standard InChI is InChI=1S/C25H34N6O3/c1-17-25(33)30(3)21-9-10-22(28-23(21)31(17)15-16-34-4)26-19-7-5-18(6-8-19)24(32)27-20-11-13-29(2)14-12-20/h5-10,17,20H,11-16H2,1-4H3,(H,26,28)(H,27,32). The fraction of sp³-hybridized carbons (Fsp3) is 0.480. The van der Waals surface area contributed by atoms with Crippen molar-refractivity contribution >= 4 is 34.8 Å². The van der Waals surface area contributed by atoms with E-state index in [2.05, 4.69) is 22.6 Å². The van der Waals surface area contributed by atoms with E-state index in [0.29, 0.717) is 24.5 Å². The minimum absolute atomic E-state index is 0.0280. The number of nitrogens with one attached hydrogen (secondary N) is 2. The van der Waals surface area contributed by atoms with Gasteiger partial charge in [-0.05, 0) is 76.3 Å². The summed E-state index contributed by atoms with van der Waals surface area (Å²) >= 11 is 0. The van der Waals surface area contributed by atoms with Gasteiger partial charge in [-0.25, -0.2) is 4.98 Å². The lowest BCUT2D eigenvalue weighted by Gasteiger charge is -2.39. The van der Waals surface area contributed by atoms with Crippen molar-refractivity contribution in [3.8, 4) is 0 Å². The molecule has 1 fully saturated rings.